The van der Waals surface area contributed by atoms with Crippen LogP contribution in [0.25, 0.3) is 0 Å². The van der Waals surface area contributed by atoms with Gasteiger partial charge in [-0.2, -0.15) is 0 Å². The minimum atomic E-state index is 0.138. The quantitative estimate of drug-likeness (QED) is 0.762. The van der Waals surface area contributed by atoms with Crippen LogP contribution in [0.2, 0.25) is 0 Å². The number of likely N-dealkylation sites (N-methyl/N-ethyl adjacent to an activating group) is 1. The summed E-state index contributed by atoms with van der Waals surface area (Å²) in [6.07, 6.45) is 7.13. The van der Waals surface area contributed by atoms with Crippen LogP contribution in [0.1, 0.15) is 32.1 Å². The van der Waals surface area contributed by atoms with Gasteiger partial charge in [0.15, 0.2) is 0 Å². The Labute approximate surface area is 109 Å². The molecule has 1 amide bonds. The summed E-state index contributed by atoms with van der Waals surface area (Å²) in [6.45, 7) is 1.86. The summed E-state index contributed by atoms with van der Waals surface area (Å²) in [5, 5.41) is 3.54. The lowest BCUT2D eigenvalue weighted by molar-refractivity contribution is -0.142. The molecule has 0 aromatic heterocycles. The molecule has 5 fully saturated rings. The van der Waals surface area contributed by atoms with Gasteiger partial charge >= 0.3 is 0 Å². The third-order valence-corrected chi connectivity index (χ3v) is 6.14. The summed E-state index contributed by atoms with van der Waals surface area (Å²) in [4.78, 5) is 14.3. The normalized spacial score (nSPS) is 50.9. The third kappa shape index (κ3) is 1.56. The zero-order chi connectivity index (χ0) is 12.3. The second kappa shape index (κ2) is 3.96. The maximum atomic E-state index is 12.4. The molecular formula is C15H24N2O. The minimum Gasteiger partial charge on any atom is -0.343 e. The van der Waals surface area contributed by atoms with E-state index in [1.54, 1.807) is 0 Å². The highest BCUT2D eigenvalue weighted by molar-refractivity contribution is 5.82. The standard InChI is InChI=1S/C15H24N2O/c1-17-3-2-16-14(15(17)18)13-11-5-9-4-10(7-11)8-12(13)6-9/h9-14,16H,2-8H2,1H3. The van der Waals surface area contributed by atoms with E-state index in [0.29, 0.717) is 11.8 Å². The Kier molecular flexibility index (Phi) is 2.48. The van der Waals surface area contributed by atoms with Crippen LogP contribution in [0, 0.1) is 29.6 Å². The molecule has 0 aromatic carbocycles. The van der Waals surface area contributed by atoms with Crippen molar-refractivity contribution in [3.05, 3.63) is 0 Å². The molecular weight excluding hydrogens is 224 g/mol. The Morgan fingerprint density at radius 2 is 1.67 bits per heavy atom. The van der Waals surface area contributed by atoms with E-state index in [1.807, 2.05) is 11.9 Å². The lowest BCUT2D eigenvalue weighted by Gasteiger charge is -2.56. The number of carbonyl (C=O) groups is 1. The zero-order valence-electron chi connectivity index (χ0n) is 11.3. The van der Waals surface area contributed by atoms with Crippen molar-refractivity contribution in [2.45, 2.75) is 38.1 Å². The van der Waals surface area contributed by atoms with Crippen molar-refractivity contribution in [2.75, 3.05) is 20.1 Å². The van der Waals surface area contributed by atoms with E-state index in [0.717, 1.165) is 36.8 Å². The molecule has 18 heavy (non-hydrogen) atoms. The molecule has 100 valence electrons. The van der Waals surface area contributed by atoms with Gasteiger partial charge in [0.1, 0.15) is 0 Å². The molecule has 4 saturated carbocycles. The van der Waals surface area contributed by atoms with Crippen molar-refractivity contribution in [1.82, 2.24) is 10.2 Å². The van der Waals surface area contributed by atoms with Crippen LogP contribution in [0.3, 0.4) is 0 Å². The van der Waals surface area contributed by atoms with Gasteiger partial charge in [0.2, 0.25) is 5.91 Å². The van der Waals surface area contributed by atoms with Crippen LogP contribution in [-0.4, -0.2) is 37.0 Å². The SMILES string of the molecule is CN1CCNC(C2C3CC4CC(C3)CC2C4)C1=O. The summed E-state index contributed by atoms with van der Waals surface area (Å²) in [5.74, 6) is 4.69. The van der Waals surface area contributed by atoms with E-state index in [1.165, 1.54) is 32.1 Å². The second-order valence-corrected chi connectivity index (χ2v) is 7.20. The number of carbonyl (C=O) groups excluding carboxylic acids is 1. The molecule has 1 saturated heterocycles. The highest BCUT2D eigenvalue weighted by atomic mass is 16.2. The lowest BCUT2D eigenvalue weighted by Crippen LogP contribution is -2.62. The molecule has 1 heterocycles. The van der Waals surface area contributed by atoms with E-state index in [9.17, 15) is 4.79 Å². The first-order valence-corrected chi connectivity index (χ1v) is 7.70. The molecule has 0 radical (unpaired) electrons. The summed E-state index contributed by atoms with van der Waals surface area (Å²) in [7, 11) is 1.96. The first-order valence-electron chi connectivity index (χ1n) is 7.70. The fourth-order valence-electron chi connectivity index (χ4n) is 5.63. The van der Waals surface area contributed by atoms with Crippen molar-refractivity contribution < 1.29 is 4.79 Å². The molecule has 0 spiro atoms. The highest BCUT2D eigenvalue weighted by Crippen LogP contribution is 2.57. The molecule has 5 aliphatic rings. The van der Waals surface area contributed by atoms with Crippen LogP contribution >= 0.6 is 0 Å². The summed E-state index contributed by atoms with van der Waals surface area (Å²) < 4.78 is 0. The van der Waals surface area contributed by atoms with Crippen LogP contribution in [-0.2, 0) is 4.79 Å². The van der Waals surface area contributed by atoms with Gasteiger partial charge < -0.3 is 10.2 Å². The maximum Gasteiger partial charge on any atom is 0.239 e. The molecule has 1 atom stereocenters. The fraction of sp³-hybridized carbons (Fsp3) is 0.933. The Morgan fingerprint density at radius 3 is 2.28 bits per heavy atom. The van der Waals surface area contributed by atoms with Gasteiger partial charge in [0.25, 0.3) is 0 Å². The van der Waals surface area contributed by atoms with Crippen LogP contribution in [0.4, 0.5) is 0 Å². The number of rotatable bonds is 1. The topological polar surface area (TPSA) is 32.3 Å². The molecule has 4 aliphatic carbocycles. The van der Waals surface area contributed by atoms with E-state index in [-0.39, 0.29) is 6.04 Å². The van der Waals surface area contributed by atoms with E-state index < -0.39 is 0 Å². The van der Waals surface area contributed by atoms with Crippen molar-refractivity contribution in [2.24, 2.45) is 29.6 Å². The first-order chi connectivity index (χ1) is 8.72. The zero-order valence-corrected chi connectivity index (χ0v) is 11.3. The van der Waals surface area contributed by atoms with E-state index in [4.69, 9.17) is 0 Å². The van der Waals surface area contributed by atoms with Crippen molar-refractivity contribution >= 4 is 5.91 Å². The monoisotopic (exact) mass is 248 g/mol. The summed E-state index contributed by atoms with van der Waals surface area (Å²) in [5.41, 5.74) is 0. The largest absolute Gasteiger partial charge is 0.343 e. The predicted molar refractivity (Wildman–Crippen MR) is 70.0 cm³/mol. The Bertz CT molecular complexity index is 340. The van der Waals surface area contributed by atoms with Crippen molar-refractivity contribution in [1.29, 1.82) is 0 Å². The maximum absolute atomic E-state index is 12.4. The first kappa shape index (κ1) is 11.3. The van der Waals surface area contributed by atoms with Crippen molar-refractivity contribution in [3.8, 4) is 0 Å². The molecule has 5 rings (SSSR count). The van der Waals surface area contributed by atoms with Gasteiger partial charge in [-0.15, -0.1) is 0 Å². The number of hydrogen-bond acceptors (Lipinski definition) is 2. The molecule has 1 unspecified atom stereocenters. The van der Waals surface area contributed by atoms with Crippen LogP contribution in [0.15, 0.2) is 0 Å². The third-order valence-electron chi connectivity index (χ3n) is 6.14. The molecule has 1 aliphatic heterocycles. The molecule has 4 bridgehead atoms. The number of piperazine rings is 1. The lowest BCUT2D eigenvalue weighted by atomic mass is 9.50. The minimum absolute atomic E-state index is 0.138. The predicted octanol–water partition coefficient (Wildman–Crippen LogP) is 1.49. The Balaban J connectivity index is 1.59. The molecule has 3 heteroatoms. The average Bonchev–Trinajstić information content (AvgIpc) is 2.33. The molecule has 1 N–H and O–H groups in total. The van der Waals surface area contributed by atoms with Gasteiger partial charge in [-0.05, 0) is 61.7 Å². The number of hydrogen-bond donors (Lipinski definition) is 1. The highest BCUT2D eigenvalue weighted by Gasteiger charge is 2.52. The molecule has 0 aromatic rings. The van der Waals surface area contributed by atoms with E-state index in [2.05, 4.69) is 5.32 Å². The Morgan fingerprint density at radius 1 is 1.06 bits per heavy atom. The molecule has 3 nitrogen and oxygen atoms in total. The number of amides is 1. The fourth-order valence-corrected chi connectivity index (χ4v) is 5.63. The summed E-state index contributed by atoms with van der Waals surface area (Å²) in [6, 6.07) is 0.138. The van der Waals surface area contributed by atoms with Gasteiger partial charge in [-0.1, -0.05) is 0 Å². The average molecular weight is 248 g/mol. The van der Waals surface area contributed by atoms with Gasteiger partial charge in [-0.25, -0.2) is 0 Å². The number of nitrogens with zero attached hydrogens (tertiary/aromatic N) is 1. The second-order valence-electron chi connectivity index (χ2n) is 7.20. The van der Waals surface area contributed by atoms with Crippen LogP contribution in [0.5, 0.6) is 0 Å². The van der Waals surface area contributed by atoms with Crippen LogP contribution < -0.4 is 5.32 Å². The number of nitrogens with one attached hydrogen (secondary N) is 1. The van der Waals surface area contributed by atoms with Crippen molar-refractivity contribution in [3.63, 3.8) is 0 Å². The summed E-state index contributed by atoms with van der Waals surface area (Å²) >= 11 is 0. The van der Waals surface area contributed by atoms with Gasteiger partial charge in [-0.3, -0.25) is 4.79 Å². The van der Waals surface area contributed by atoms with E-state index >= 15 is 0 Å². The van der Waals surface area contributed by atoms with Gasteiger partial charge in [0, 0.05) is 20.1 Å². The Hall–Kier alpha value is -0.570. The van der Waals surface area contributed by atoms with Gasteiger partial charge in [0.05, 0.1) is 6.04 Å². The smallest absolute Gasteiger partial charge is 0.239 e.